The Labute approximate surface area is 93.8 Å². The Morgan fingerprint density at radius 2 is 2.33 bits per heavy atom. The maximum Gasteiger partial charge on any atom is 0.349 e. The summed E-state index contributed by atoms with van der Waals surface area (Å²) in [5, 5.41) is 13.2. The Balaban J connectivity index is 2.05. The highest BCUT2D eigenvalue weighted by Crippen LogP contribution is 2.25. The van der Waals surface area contributed by atoms with Gasteiger partial charge < -0.3 is 9.84 Å². The predicted molar refractivity (Wildman–Crippen MR) is 57.7 cm³/mol. The lowest BCUT2D eigenvalue weighted by molar-refractivity contribution is 0.0697. The molecule has 0 saturated heterocycles. The van der Waals surface area contributed by atoms with Gasteiger partial charge in [0.1, 0.15) is 17.4 Å². The molecule has 1 N–H and O–H groups in total. The Morgan fingerprint density at radius 3 is 3.00 bits per heavy atom. The third-order valence-electron chi connectivity index (χ3n) is 1.66. The summed E-state index contributed by atoms with van der Waals surface area (Å²) in [6.07, 6.45) is 1.69. The number of hydrogen-bond donors (Lipinski definition) is 1. The minimum Gasteiger partial charge on any atom is -0.485 e. The molecule has 2 aromatic rings. The normalized spacial score (nSPS) is 10.1. The van der Waals surface area contributed by atoms with Crippen LogP contribution in [0.2, 0.25) is 0 Å². The van der Waals surface area contributed by atoms with E-state index >= 15 is 0 Å². The van der Waals surface area contributed by atoms with Gasteiger partial charge in [-0.15, -0.1) is 22.7 Å². The van der Waals surface area contributed by atoms with Crippen LogP contribution in [0.5, 0.6) is 5.75 Å². The predicted octanol–water partition coefficient (Wildman–Crippen LogP) is 2.48. The Hall–Kier alpha value is -1.40. The zero-order valence-corrected chi connectivity index (χ0v) is 9.18. The van der Waals surface area contributed by atoms with Gasteiger partial charge in [0.05, 0.1) is 0 Å². The molecule has 2 rings (SSSR count). The van der Waals surface area contributed by atoms with E-state index in [1.165, 1.54) is 11.3 Å². The number of aromatic carboxylic acids is 1. The van der Waals surface area contributed by atoms with E-state index in [2.05, 4.69) is 4.98 Å². The number of thiophene rings is 1. The lowest BCUT2D eigenvalue weighted by Crippen LogP contribution is -1.99. The van der Waals surface area contributed by atoms with E-state index < -0.39 is 5.97 Å². The van der Waals surface area contributed by atoms with Gasteiger partial charge in [-0.3, -0.25) is 0 Å². The van der Waals surface area contributed by atoms with Crippen molar-refractivity contribution in [3.63, 3.8) is 0 Å². The number of nitrogens with zero attached hydrogens (tertiary/aromatic N) is 1. The number of rotatable bonds is 4. The maximum absolute atomic E-state index is 10.8. The minimum absolute atomic E-state index is 0.228. The molecule has 0 spiro atoms. The average Bonchev–Trinajstić information content (AvgIpc) is 2.86. The summed E-state index contributed by atoms with van der Waals surface area (Å²) in [5.41, 5.74) is 0. The minimum atomic E-state index is -0.959. The van der Waals surface area contributed by atoms with Gasteiger partial charge in [0.25, 0.3) is 0 Å². The van der Waals surface area contributed by atoms with Gasteiger partial charge in [0.15, 0.2) is 4.88 Å². The van der Waals surface area contributed by atoms with Gasteiger partial charge in [0, 0.05) is 11.6 Å². The highest BCUT2D eigenvalue weighted by atomic mass is 32.1. The second-order valence-corrected chi connectivity index (χ2v) is 4.53. The van der Waals surface area contributed by atoms with E-state index in [1.807, 2.05) is 5.38 Å². The quantitative estimate of drug-likeness (QED) is 0.893. The largest absolute Gasteiger partial charge is 0.485 e. The first kappa shape index (κ1) is 10.1. The van der Waals surface area contributed by atoms with E-state index in [0.717, 1.165) is 16.3 Å². The molecule has 6 heteroatoms. The van der Waals surface area contributed by atoms with Crippen molar-refractivity contribution in [2.75, 3.05) is 0 Å². The molecule has 2 heterocycles. The molecule has 0 unspecified atom stereocenters. The second kappa shape index (κ2) is 4.41. The van der Waals surface area contributed by atoms with Crippen molar-refractivity contribution in [2.45, 2.75) is 6.61 Å². The zero-order chi connectivity index (χ0) is 10.7. The van der Waals surface area contributed by atoms with Crippen LogP contribution in [0.3, 0.4) is 0 Å². The van der Waals surface area contributed by atoms with Crippen LogP contribution in [0.4, 0.5) is 0 Å². The van der Waals surface area contributed by atoms with Gasteiger partial charge in [-0.05, 0) is 11.4 Å². The Bertz CT molecular complexity index is 450. The van der Waals surface area contributed by atoms with Crippen LogP contribution >= 0.6 is 22.7 Å². The summed E-state index contributed by atoms with van der Waals surface area (Å²) in [7, 11) is 0. The molecule has 0 aliphatic carbocycles. The molecule has 0 aromatic carbocycles. The molecule has 0 saturated carbocycles. The lowest BCUT2D eigenvalue weighted by Gasteiger charge is -2.02. The first-order valence-corrected chi connectivity index (χ1v) is 5.85. The van der Waals surface area contributed by atoms with Crippen LogP contribution < -0.4 is 4.74 Å². The molecular weight excluding hydrogens is 234 g/mol. The summed E-state index contributed by atoms with van der Waals surface area (Å²) in [6.45, 7) is 0.314. The Morgan fingerprint density at radius 1 is 1.47 bits per heavy atom. The zero-order valence-electron chi connectivity index (χ0n) is 7.54. The van der Waals surface area contributed by atoms with Gasteiger partial charge >= 0.3 is 5.97 Å². The molecule has 0 aliphatic heterocycles. The van der Waals surface area contributed by atoms with E-state index in [4.69, 9.17) is 9.84 Å². The van der Waals surface area contributed by atoms with Crippen LogP contribution in [-0.4, -0.2) is 16.1 Å². The van der Waals surface area contributed by atoms with Crippen LogP contribution in [0.15, 0.2) is 23.0 Å². The number of carboxylic acids is 1. The topological polar surface area (TPSA) is 59.4 Å². The summed E-state index contributed by atoms with van der Waals surface area (Å²) in [4.78, 5) is 15.0. The van der Waals surface area contributed by atoms with Crippen molar-refractivity contribution < 1.29 is 14.6 Å². The molecule has 4 nitrogen and oxygen atoms in total. The van der Waals surface area contributed by atoms with Crippen molar-refractivity contribution in [2.24, 2.45) is 0 Å². The number of carboxylic acid groups (broad SMARTS) is 1. The van der Waals surface area contributed by atoms with Gasteiger partial charge in [-0.25, -0.2) is 9.78 Å². The van der Waals surface area contributed by atoms with Crippen LogP contribution in [0.25, 0.3) is 0 Å². The molecule has 15 heavy (non-hydrogen) atoms. The molecule has 0 aliphatic rings. The molecular formula is C9H7NO3S2. The summed E-state index contributed by atoms with van der Waals surface area (Å²) >= 11 is 2.63. The van der Waals surface area contributed by atoms with Crippen LogP contribution in [-0.2, 0) is 6.61 Å². The number of carbonyl (C=O) groups is 1. The molecule has 0 amide bonds. The first-order chi connectivity index (χ1) is 7.27. The molecule has 78 valence electrons. The Kier molecular flexibility index (Phi) is 2.98. The summed E-state index contributed by atoms with van der Waals surface area (Å²) in [5.74, 6) is -0.554. The molecule has 0 atom stereocenters. The van der Waals surface area contributed by atoms with Crippen LogP contribution in [0, 0.1) is 0 Å². The van der Waals surface area contributed by atoms with Gasteiger partial charge in [-0.1, -0.05) is 0 Å². The van der Waals surface area contributed by atoms with E-state index in [0.29, 0.717) is 12.4 Å². The van der Waals surface area contributed by atoms with Crippen molar-refractivity contribution >= 4 is 28.6 Å². The smallest absolute Gasteiger partial charge is 0.349 e. The summed E-state index contributed by atoms with van der Waals surface area (Å²) in [6, 6.07) is 1.65. The summed E-state index contributed by atoms with van der Waals surface area (Å²) < 4.78 is 5.36. The molecule has 0 bridgehead atoms. The third kappa shape index (κ3) is 2.34. The molecule has 0 fully saturated rings. The fourth-order valence-corrected chi connectivity index (χ4v) is 2.23. The van der Waals surface area contributed by atoms with E-state index in [1.54, 1.807) is 17.6 Å². The van der Waals surface area contributed by atoms with Crippen molar-refractivity contribution in [3.05, 3.63) is 32.9 Å². The fourth-order valence-electron chi connectivity index (χ4n) is 1.03. The lowest BCUT2D eigenvalue weighted by atomic mass is 10.4. The standard InChI is InChI=1S/C9H7NO3S2/c11-9(12)8-6(1-3-15-8)13-5-7-10-2-4-14-7/h1-4H,5H2,(H,11,12). The van der Waals surface area contributed by atoms with Gasteiger partial charge in [-0.2, -0.15) is 0 Å². The van der Waals surface area contributed by atoms with Crippen molar-refractivity contribution in [1.82, 2.24) is 4.98 Å². The monoisotopic (exact) mass is 241 g/mol. The maximum atomic E-state index is 10.8. The average molecular weight is 241 g/mol. The highest BCUT2D eigenvalue weighted by Gasteiger charge is 2.12. The van der Waals surface area contributed by atoms with E-state index in [-0.39, 0.29) is 4.88 Å². The van der Waals surface area contributed by atoms with Crippen molar-refractivity contribution in [3.8, 4) is 5.75 Å². The molecule has 2 aromatic heterocycles. The third-order valence-corrected chi connectivity index (χ3v) is 3.29. The van der Waals surface area contributed by atoms with E-state index in [9.17, 15) is 4.79 Å². The van der Waals surface area contributed by atoms with Crippen LogP contribution in [0.1, 0.15) is 14.7 Å². The highest BCUT2D eigenvalue weighted by molar-refractivity contribution is 7.12. The molecule has 0 radical (unpaired) electrons. The SMILES string of the molecule is O=C(O)c1sccc1OCc1nccs1. The number of aromatic nitrogens is 1. The van der Waals surface area contributed by atoms with Crippen molar-refractivity contribution in [1.29, 1.82) is 0 Å². The van der Waals surface area contributed by atoms with Gasteiger partial charge in [0.2, 0.25) is 0 Å². The number of thiazole rings is 1. The first-order valence-electron chi connectivity index (χ1n) is 4.09. The second-order valence-electron chi connectivity index (χ2n) is 2.63. The fraction of sp³-hybridized carbons (Fsp3) is 0.111. The number of hydrogen-bond acceptors (Lipinski definition) is 5. The number of ether oxygens (including phenoxy) is 1.